The molecule has 0 aliphatic carbocycles. The minimum atomic E-state index is -4.69. The van der Waals surface area contributed by atoms with E-state index in [0.29, 0.717) is 11.4 Å². The van der Waals surface area contributed by atoms with Crippen LogP contribution in [0.1, 0.15) is 5.69 Å². The van der Waals surface area contributed by atoms with E-state index < -0.39 is 6.36 Å². The van der Waals surface area contributed by atoms with Crippen molar-refractivity contribution in [3.8, 4) is 11.4 Å². The second kappa shape index (κ2) is 4.85. The van der Waals surface area contributed by atoms with E-state index in [1.807, 2.05) is 0 Å². The first kappa shape index (κ1) is 12.7. The van der Waals surface area contributed by atoms with Gasteiger partial charge in [0.05, 0.1) is 23.5 Å². The summed E-state index contributed by atoms with van der Waals surface area (Å²) in [7, 11) is 0. The quantitative estimate of drug-likeness (QED) is 0.810. The smallest absolute Gasteiger partial charge is 0.406 e. The second-order valence-electron chi connectivity index (χ2n) is 3.33. The molecule has 0 spiro atoms. The van der Waals surface area contributed by atoms with Crippen molar-refractivity contribution in [3.63, 3.8) is 0 Å². The highest BCUT2D eigenvalue weighted by atomic mass is 35.5. The van der Waals surface area contributed by atoms with Crippen molar-refractivity contribution in [2.75, 3.05) is 0 Å². The van der Waals surface area contributed by atoms with Crippen LogP contribution in [0.15, 0.2) is 30.5 Å². The van der Waals surface area contributed by atoms with E-state index in [1.165, 1.54) is 28.9 Å². The fraction of sp³-hybridized carbons (Fsp3) is 0.200. The molecule has 0 radical (unpaired) electrons. The molecule has 2 rings (SSSR count). The van der Waals surface area contributed by atoms with Gasteiger partial charge in [-0.3, -0.25) is 0 Å². The van der Waals surface area contributed by atoms with Crippen LogP contribution in [0.3, 0.4) is 0 Å². The largest absolute Gasteiger partial charge is 0.573 e. The molecular weight excluding hydrogens is 271 g/mol. The Morgan fingerprint density at radius 1 is 1.22 bits per heavy atom. The number of hydrogen-bond donors (Lipinski definition) is 0. The van der Waals surface area contributed by atoms with Crippen molar-refractivity contribution < 1.29 is 17.9 Å². The van der Waals surface area contributed by atoms with Gasteiger partial charge < -0.3 is 4.74 Å². The van der Waals surface area contributed by atoms with E-state index in [2.05, 4.69) is 15.0 Å². The molecule has 4 nitrogen and oxygen atoms in total. The lowest BCUT2D eigenvalue weighted by atomic mass is 10.3. The highest BCUT2D eigenvalue weighted by Gasteiger charge is 2.30. The van der Waals surface area contributed by atoms with Crippen LogP contribution in [0, 0.1) is 0 Å². The number of benzene rings is 1. The Balaban J connectivity index is 2.17. The van der Waals surface area contributed by atoms with Crippen LogP contribution in [-0.2, 0) is 5.88 Å². The fourth-order valence-corrected chi connectivity index (χ4v) is 1.41. The van der Waals surface area contributed by atoms with Gasteiger partial charge in [-0.15, -0.1) is 29.9 Å². The fourth-order valence-electron chi connectivity index (χ4n) is 1.29. The van der Waals surface area contributed by atoms with Crippen molar-refractivity contribution in [3.05, 3.63) is 36.2 Å². The maximum atomic E-state index is 11.9. The van der Waals surface area contributed by atoms with Crippen LogP contribution < -0.4 is 4.74 Å². The number of aromatic nitrogens is 3. The molecule has 0 amide bonds. The van der Waals surface area contributed by atoms with Gasteiger partial charge in [0.15, 0.2) is 0 Å². The standard InChI is InChI=1S/C10H7ClF3N3O/c11-5-7-6-17(16-15-7)8-1-3-9(4-2-8)18-10(12,13)14/h1-4,6H,5H2. The SMILES string of the molecule is FC(F)(F)Oc1ccc(-n2cc(CCl)nn2)cc1. The van der Waals surface area contributed by atoms with E-state index in [1.54, 1.807) is 6.20 Å². The molecule has 2 aromatic rings. The highest BCUT2D eigenvalue weighted by Crippen LogP contribution is 2.23. The summed E-state index contributed by atoms with van der Waals surface area (Å²) in [6.07, 6.45) is -3.10. The van der Waals surface area contributed by atoms with Crippen molar-refractivity contribution >= 4 is 11.6 Å². The molecule has 1 aromatic carbocycles. The van der Waals surface area contributed by atoms with Crippen LogP contribution in [0.5, 0.6) is 5.75 Å². The summed E-state index contributed by atoms with van der Waals surface area (Å²) in [4.78, 5) is 0. The van der Waals surface area contributed by atoms with E-state index in [0.717, 1.165) is 0 Å². The predicted octanol–water partition coefficient (Wildman–Crippen LogP) is 2.90. The first-order chi connectivity index (χ1) is 8.48. The molecule has 0 atom stereocenters. The first-order valence-corrected chi connectivity index (χ1v) is 5.35. The Labute approximate surface area is 105 Å². The van der Waals surface area contributed by atoms with E-state index in [-0.39, 0.29) is 11.6 Å². The van der Waals surface area contributed by atoms with Crippen molar-refractivity contribution in [1.29, 1.82) is 0 Å². The minimum absolute atomic E-state index is 0.218. The summed E-state index contributed by atoms with van der Waals surface area (Å²) in [5, 5.41) is 7.54. The number of alkyl halides is 4. The van der Waals surface area contributed by atoms with Crippen LogP contribution in [-0.4, -0.2) is 21.4 Å². The van der Waals surface area contributed by atoms with Gasteiger partial charge in [-0.2, -0.15) is 0 Å². The highest BCUT2D eigenvalue weighted by molar-refractivity contribution is 6.16. The molecule has 1 heterocycles. The van der Waals surface area contributed by atoms with E-state index in [9.17, 15) is 13.2 Å². The number of nitrogens with zero attached hydrogens (tertiary/aromatic N) is 3. The van der Waals surface area contributed by atoms with Crippen LogP contribution in [0.2, 0.25) is 0 Å². The Morgan fingerprint density at radius 3 is 2.39 bits per heavy atom. The van der Waals surface area contributed by atoms with Gasteiger partial charge in [-0.25, -0.2) is 4.68 Å². The molecule has 0 aliphatic heterocycles. The average molecular weight is 278 g/mol. The van der Waals surface area contributed by atoms with E-state index >= 15 is 0 Å². The lowest BCUT2D eigenvalue weighted by molar-refractivity contribution is -0.274. The third kappa shape index (κ3) is 3.13. The van der Waals surface area contributed by atoms with Gasteiger partial charge in [0.1, 0.15) is 5.75 Å². The number of hydrogen-bond acceptors (Lipinski definition) is 3. The Kier molecular flexibility index (Phi) is 3.42. The zero-order chi connectivity index (χ0) is 13.2. The number of halogens is 4. The second-order valence-corrected chi connectivity index (χ2v) is 3.60. The summed E-state index contributed by atoms with van der Waals surface area (Å²) in [6.45, 7) is 0. The third-order valence-electron chi connectivity index (χ3n) is 2.01. The Bertz CT molecular complexity index is 524. The summed E-state index contributed by atoms with van der Waals surface area (Å²) < 4.78 is 41.0. The van der Waals surface area contributed by atoms with Gasteiger partial charge in [0.25, 0.3) is 0 Å². The zero-order valence-corrected chi connectivity index (χ0v) is 9.61. The van der Waals surface area contributed by atoms with Crippen molar-refractivity contribution in [2.45, 2.75) is 12.2 Å². The molecule has 18 heavy (non-hydrogen) atoms. The van der Waals surface area contributed by atoms with Crippen LogP contribution in [0.25, 0.3) is 5.69 Å². The topological polar surface area (TPSA) is 39.9 Å². The zero-order valence-electron chi connectivity index (χ0n) is 8.86. The minimum Gasteiger partial charge on any atom is -0.406 e. The molecular formula is C10H7ClF3N3O. The monoisotopic (exact) mass is 277 g/mol. The summed E-state index contributed by atoms with van der Waals surface area (Å²) in [5.74, 6) is -0.0705. The molecule has 8 heteroatoms. The molecule has 96 valence electrons. The average Bonchev–Trinajstić information content (AvgIpc) is 2.76. The van der Waals surface area contributed by atoms with Gasteiger partial charge in [-0.05, 0) is 24.3 Å². The van der Waals surface area contributed by atoms with Crippen LogP contribution >= 0.6 is 11.6 Å². The lowest BCUT2D eigenvalue weighted by Crippen LogP contribution is -2.17. The van der Waals surface area contributed by atoms with Crippen molar-refractivity contribution in [2.24, 2.45) is 0 Å². The number of ether oxygens (including phenoxy) is 1. The normalized spacial score (nSPS) is 11.6. The Hall–Kier alpha value is -1.76. The lowest BCUT2D eigenvalue weighted by Gasteiger charge is -2.08. The van der Waals surface area contributed by atoms with Crippen LogP contribution in [0.4, 0.5) is 13.2 Å². The van der Waals surface area contributed by atoms with Crippen molar-refractivity contribution in [1.82, 2.24) is 15.0 Å². The molecule has 0 saturated carbocycles. The molecule has 0 aliphatic rings. The summed E-state index contributed by atoms with van der Waals surface area (Å²) in [5.41, 5.74) is 1.14. The maximum Gasteiger partial charge on any atom is 0.573 e. The molecule has 0 N–H and O–H groups in total. The molecule has 0 fully saturated rings. The van der Waals surface area contributed by atoms with E-state index in [4.69, 9.17) is 11.6 Å². The molecule has 0 bridgehead atoms. The van der Waals surface area contributed by atoms with Gasteiger partial charge in [-0.1, -0.05) is 5.21 Å². The van der Waals surface area contributed by atoms with Gasteiger partial charge in [0, 0.05) is 0 Å². The first-order valence-electron chi connectivity index (χ1n) is 4.81. The summed E-state index contributed by atoms with van der Waals surface area (Å²) >= 11 is 5.56. The van der Waals surface area contributed by atoms with Gasteiger partial charge >= 0.3 is 6.36 Å². The molecule has 1 aromatic heterocycles. The van der Waals surface area contributed by atoms with Gasteiger partial charge in [0.2, 0.25) is 0 Å². The Morgan fingerprint density at radius 2 is 1.89 bits per heavy atom. The molecule has 0 saturated heterocycles. The number of rotatable bonds is 3. The maximum absolute atomic E-state index is 11.9. The third-order valence-corrected chi connectivity index (χ3v) is 2.29. The molecule has 0 unspecified atom stereocenters. The predicted molar refractivity (Wildman–Crippen MR) is 57.6 cm³/mol. The summed E-state index contributed by atoms with van der Waals surface area (Å²) in [6, 6.07) is 5.28.